The minimum absolute atomic E-state index is 0.0147. The number of aliphatic hydroxyl groups excluding tert-OH is 5. The van der Waals surface area contributed by atoms with Gasteiger partial charge in [-0.3, -0.25) is 0 Å². The second kappa shape index (κ2) is 9.17. The van der Waals surface area contributed by atoms with Gasteiger partial charge >= 0.3 is 0 Å². The quantitative estimate of drug-likeness (QED) is 0.370. The molecule has 6 N–H and O–H groups in total. The molecule has 3 aliphatic rings. The van der Waals surface area contributed by atoms with Crippen molar-refractivity contribution in [2.75, 3.05) is 13.2 Å². The Balaban J connectivity index is 1.64. The topological polar surface area (TPSA) is 140 Å². The number of phenolic OH excluding ortho intramolecular Hbond substituents is 1. The van der Waals surface area contributed by atoms with Gasteiger partial charge in [0.2, 0.25) is 0 Å². The molecule has 9 unspecified atom stereocenters. The van der Waals surface area contributed by atoms with Crippen LogP contribution >= 0.6 is 0 Å². The molecule has 8 nitrogen and oxygen atoms in total. The van der Waals surface area contributed by atoms with Crippen molar-refractivity contribution in [2.24, 2.45) is 11.3 Å². The van der Waals surface area contributed by atoms with E-state index in [-0.39, 0.29) is 23.7 Å². The van der Waals surface area contributed by atoms with Gasteiger partial charge in [-0.1, -0.05) is 26.5 Å². The van der Waals surface area contributed by atoms with Gasteiger partial charge in [0, 0.05) is 5.41 Å². The first kappa shape index (κ1) is 25.6. The molecule has 0 amide bonds. The molecule has 0 spiro atoms. The summed E-state index contributed by atoms with van der Waals surface area (Å²) in [5.74, 6) is 0.252. The van der Waals surface area contributed by atoms with Gasteiger partial charge in [0.05, 0.1) is 19.3 Å². The van der Waals surface area contributed by atoms with E-state index >= 15 is 0 Å². The summed E-state index contributed by atoms with van der Waals surface area (Å²) in [4.78, 5) is 0. The first-order chi connectivity index (χ1) is 16.0. The molecule has 0 bridgehead atoms. The fourth-order valence-electron chi connectivity index (χ4n) is 6.72. The summed E-state index contributed by atoms with van der Waals surface area (Å²) in [5.41, 5.74) is 3.05. The lowest BCUT2D eigenvalue weighted by Gasteiger charge is -2.57. The summed E-state index contributed by atoms with van der Waals surface area (Å²) < 4.78 is 11.5. The summed E-state index contributed by atoms with van der Waals surface area (Å²) in [5, 5.41) is 61.8. The van der Waals surface area contributed by atoms with Crippen LogP contribution in [0.25, 0.3) is 6.08 Å². The highest BCUT2D eigenvalue weighted by Crippen LogP contribution is 2.58. The highest BCUT2D eigenvalue weighted by molar-refractivity contribution is 5.64. The van der Waals surface area contributed by atoms with Gasteiger partial charge in [-0.2, -0.15) is 0 Å². The van der Waals surface area contributed by atoms with Crippen LogP contribution in [0.4, 0.5) is 0 Å². The van der Waals surface area contributed by atoms with Crippen LogP contribution in [0.2, 0.25) is 0 Å². The molecule has 1 aromatic carbocycles. The van der Waals surface area contributed by atoms with E-state index in [4.69, 9.17) is 9.47 Å². The Kier molecular flexibility index (Phi) is 6.89. The van der Waals surface area contributed by atoms with Crippen molar-refractivity contribution in [3.8, 4) is 5.75 Å². The van der Waals surface area contributed by atoms with Gasteiger partial charge in [-0.25, -0.2) is 0 Å². The van der Waals surface area contributed by atoms with Crippen LogP contribution in [-0.2, 0) is 21.3 Å². The Morgan fingerprint density at radius 1 is 1.15 bits per heavy atom. The van der Waals surface area contributed by atoms with Crippen molar-refractivity contribution in [1.29, 1.82) is 0 Å². The third-order valence-electron chi connectivity index (χ3n) is 8.89. The Morgan fingerprint density at radius 3 is 2.50 bits per heavy atom. The van der Waals surface area contributed by atoms with Crippen LogP contribution in [0, 0.1) is 18.3 Å². The van der Waals surface area contributed by atoms with Crippen LogP contribution in [0.15, 0.2) is 12.6 Å². The van der Waals surface area contributed by atoms with Crippen molar-refractivity contribution in [1.82, 2.24) is 0 Å². The Bertz CT molecular complexity index is 932. The molecule has 9 atom stereocenters. The van der Waals surface area contributed by atoms with Crippen LogP contribution in [0.5, 0.6) is 5.75 Å². The fraction of sp³-hybridized carbons (Fsp3) is 0.692. The van der Waals surface area contributed by atoms with Crippen LogP contribution in [-0.4, -0.2) is 80.7 Å². The molecular weight excluding hydrogens is 440 g/mol. The average Bonchev–Trinajstić information content (AvgIpc) is 2.81. The molecule has 1 aliphatic heterocycles. The maximum atomic E-state index is 11.1. The third-order valence-corrected chi connectivity index (χ3v) is 8.89. The zero-order valence-corrected chi connectivity index (χ0v) is 20.1. The van der Waals surface area contributed by atoms with Crippen molar-refractivity contribution in [2.45, 2.75) is 88.7 Å². The number of aliphatic hydroxyl groups is 5. The molecule has 2 fully saturated rings. The van der Waals surface area contributed by atoms with E-state index in [0.717, 1.165) is 36.0 Å². The van der Waals surface area contributed by atoms with Crippen LogP contribution in [0.3, 0.4) is 0 Å². The summed E-state index contributed by atoms with van der Waals surface area (Å²) in [6.45, 7) is 9.52. The van der Waals surface area contributed by atoms with E-state index in [1.165, 1.54) is 5.56 Å². The molecule has 1 saturated heterocycles. The number of ether oxygens (including phenoxy) is 2. The molecule has 1 aromatic rings. The molecule has 1 saturated carbocycles. The van der Waals surface area contributed by atoms with Gasteiger partial charge in [0.15, 0.2) is 6.29 Å². The second-order valence-electron chi connectivity index (χ2n) is 10.7. The van der Waals surface area contributed by atoms with Crippen LogP contribution in [0.1, 0.15) is 55.4 Å². The lowest BCUT2D eigenvalue weighted by atomic mass is 9.49. The second-order valence-corrected chi connectivity index (χ2v) is 10.7. The lowest BCUT2D eigenvalue weighted by molar-refractivity contribution is -0.311. The van der Waals surface area contributed by atoms with Gasteiger partial charge in [-0.05, 0) is 72.3 Å². The molecule has 190 valence electrons. The zero-order valence-electron chi connectivity index (χ0n) is 20.1. The largest absolute Gasteiger partial charge is 0.508 e. The maximum Gasteiger partial charge on any atom is 0.186 e. The Hall–Kier alpha value is -1.52. The Morgan fingerprint density at radius 2 is 1.85 bits per heavy atom. The highest BCUT2D eigenvalue weighted by atomic mass is 16.7. The number of benzene rings is 1. The van der Waals surface area contributed by atoms with Crippen molar-refractivity contribution < 1.29 is 40.1 Å². The Labute approximate surface area is 200 Å². The van der Waals surface area contributed by atoms with Crippen molar-refractivity contribution in [3.05, 3.63) is 34.9 Å². The molecule has 1 heterocycles. The molecule has 4 rings (SSSR count). The number of rotatable bonds is 5. The minimum atomic E-state index is -1.52. The molecular formula is C26H38O8. The molecule has 8 heteroatoms. The van der Waals surface area contributed by atoms with E-state index in [2.05, 4.69) is 13.5 Å². The smallest absolute Gasteiger partial charge is 0.186 e. The van der Waals surface area contributed by atoms with E-state index < -0.39 is 48.8 Å². The standard InChI is InChI=1S/C26H38O8/c1-5-14-13(2)17(28)10-16-15(14)6-7-19-25(16,3)9-8-20(29)26(19,4)12-33-24-23(32)22(31)21(30)18(11-27)34-24/h5,10,18-24,27-32H,1,6-9,11-12H2,2-4H3. The number of phenols is 1. The number of hydrogen-bond donors (Lipinski definition) is 6. The summed E-state index contributed by atoms with van der Waals surface area (Å²) >= 11 is 0. The fourth-order valence-corrected chi connectivity index (χ4v) is 6.72. The predicted octanol–water partition coefficient (Wildman–Crippen LogP) is 1.14. The first-order valence-corrected chi connectivity index (χ1v) is 12.1. The normalized spacial score (nSPS) is 42.1. The van der Waals surface area contributed by atoms with Crippen molar-refractivity contribution >= 4 is 6.08 Å². The van der Waals surface area contributed by atoms with E-state index in [1.54, 1.807) is 6.08 Å². The SMILES string of the molecule is C=Cc1c(C)c(O)cc2c1CCC1C2(C)CCC(O)C1(C)COC1OC(CO)C(O)C(O)C1O. The van der Waals surface area contributed by atoms with Gasteiger partial charge in [-0.15, -0.1) is 0 Å². The van der Waals surface area contributed by atoms with Crippen LogP contribution < -0.4 is 0 Å². The lowest BCUT2D eigenvalue weighted by Crippen LogP contribution is -2.61. The monoisotopic (exact) mass is 478 g/mol. The zero-order chi connectivity index (χ0) is 25.0. The van der Waals surface area contributed by atoms with Gasteiger partial charge < -0.3 is 40.1 Å². The first-order valence-electron chi connectivity index (χ1n) is 12.1. The van der Waals surface area contributed by atoms with Gasteiger partial charge in [0.25, 0.3) is 0 Å². The highest BCUT2D eigenvalue weighted by Gasteiger charge is 2.57. The van der Waals surface area contributed by atoms with E-state index in [0.29, 0.717) is 6.42 Å². The number of aromatic hydroxyl groups is 1. The molecule has 34 heavy (non-hydrogen) atoms. The van der Waals surface area contributed by atoms with E-state index in [9.17, 15) is 30.6 Å². The summed E-state index contributed by atoms with van der Waals surface area (Å²) in [7, 11) is 0. The third kappa shape index (κ3) is 3.80. The minimum Gasteiger partial charge on any atom is -0.508 e. The number of hydrogen-bond acceptors (Lipinski definition) is 8. The molecule has 2 aliphatic carbocycles. The van der Waals surface area contributed by atoms with Crippen molar-refractivity contribution in [3.63, 3.8) is 0 Å². The maximum absolute atomic E-state index is 11.1. The summed E-state index contributed by atoms with van der Waals surface area (Å²) in [6.07, 6.45) is -2.74. The van der Waals surface area contributed by atoms with Gasteiger partial charge in [0.1, 0.15) is 30.2 Å². The molecule has 0 radical (unpaired) electrons. The average molecular weight is 479 g/mol. The summed E-state index contributed by atoms with van der Waals surface area (Å²) in [6, 6.07) is 1.86. The predicted molar refractivity (Wildman–Crippen MR) is 125 cm³/mol. The number of fused-ring (bicyclic) bond motifs is 3. The molecule has 0 aromatic heterocycles. The van der Waals surface area contributed by atoms with E-state index in [1.807, 2.05) is 19.9 Å².